The first-order valence-corrected chi connectivity index (χ1v) is 3.84. The van der Waals surface area contributed by atoms with Gasteiger partial charge in [0.2, 0.25) is 0 Å². The average Bonchev–Trinajstić information content (AvgIpc) is 1.96. The van der Waals surface area contributed by atoms with Crippen LogP contribution >= 0.6 is 0 Å². The third-order valence-electron chi connectivity index (χ3n) is 2.39. The molecule has 0 bridgehead atoms. The van der Waals surface area contributed by atoms with Crippen LogP contribution in [0.5, 0.6) is 0 Å². The quantitative estimate of drug-likeness (QED) is 0.514. The van der Waals surface area contributed by atoms with Crippen molar-refractivity contribution in [1.29, 1.82) is 0 Å². The highest BCUT2D eigenvalue weighted by Crippen LogP contribution is 2.16. The highest BCUT2D eigenvalue weighted by molar-refractivity contribution is 4.90. The Hall–Kier alpha value is -0.120. The molecule has 0 aromatic rings. The molecule has 60 valence electrons. The Kier molecular flexibility index (Phi) is 2.28. The van der Waals surface area contributed by atoms with Crippen LogP contribution in [0.2, 0.25) is 0 Å². The molecule has 0 spiro atoms. The van der Waals surface area contributed by atoms with Crippen LogP contribution in [-0.4, -0.2) is 37.1 Å². The summed E-state index contributed by atoms with van der Waals surface area (Å²) in [7, 11) is 2.12. The summed E-state index contributed by atoms with van der Waals surface area (Å²) in [5.41, 5.74) is 11.4. The van der Waals surface area contributed by atoms with E-state index < -0.39 is 0 Å². The summed E-state index contributed by atoms with van der Waals surface area (Å²) in [4.78, 5) is 2.29. The molecule has 0 aliphatic carbocycles. The standard InChI is InChI=1S/C7H17N3/c1-10-4-2-7(9,6-8)3-5-10/h2-6,8-9H2,1H3. The van der Waals surface area contributed by atoms with Gasteiger partial charge in [-0.3, -0.25) is 0 Å². The summed E-state index contributed by atoms with van der Waals surface area (Å²) in [5.74, 6) is 0. The Bertz CT molecular complexity index is 105. The second-order valence-corrected chi connectivity index (χ2v) is 3.37. The van der Waals surface area contributed by atoms with Crippen LogP contribution in [0.15, 0.2) is 0 Å². The fourth-order valence-corrected chi connectivity index (χ4v) is 1.27. The Morgan fingerprint density at radius 1 is 1.40 bits per heavy atom. The normalized spacial score (nSPS) is 26.7. The summed E-state index contributed by atoms with van der Waals surface area (Å²) >= 11 is 0. The Morgan fingerprint density at radius 3 is 2.30 bits per heavy atom. The van der Waals surface area contributed by atoms with Crippen molar-refractivity contribution < 1.29 is 0 Å². The molecule has 0 aromatic carbocycles. The first-order valence-electron chi connectivity index (χ1n) is 3.84. The number of rotatable bonds is 1. The van der Waals surface area contributed by atoms with Crippen LogP contribution in [0.4, 0.5) is 0 Å². The van der Waals surface area contributed by atoms with E-state index in [1.54, 1.807) is 0 Å². The van der Waals surface area contributed by atoms with Crippen LogP contribution in [0.1, 0.15) is 12.8 Å². The predicted octanol–water partition coefficient (Wildman–Crippen LogP) is -0.632. The number of nitrogens with zero attached hydrogens (tertiary/aromatic N) is 1. The lowest BCUT2D eigenvalue weighted by atomic mass is 9.89. The van der Waals surface area contributed by atoms with Gasteiger partial charge >= 0.3 is 0 Å². The molecular formula is C7H17N3. The van der Waals surface area contributed by atoms with E-state index in [0.717, 1.165) is 25.9 Å². The Balaban J connectivity index is 2.38. The van der Waals surface area contributed by atoms with E-state index >= 15 is 0 Å². The van der Waals surface area contributed by atoms with Gasteiger partial charge in [-0.05, 0) is 33.0 Å². The maximum absolute atomic E-state index is 5.97. The lowest BCUT2D eigenvalue weighted by Gasteiger charge is -2.36. The number of hydrogen-bond acceptors (Lipinski definition) is 3. The summed E-state index contributed by atoms with van der Waals surface area (Å²) in [6.45, 7) is 2.81. The molecule has 0 aromatic heterocycles. The SMILES string of the molecule is CN1CCC(N)(CN)CC1. The lowest BCUT2D eigenvalue weighted by Crippen LogP contribution is -2.54. The van der Waals surface area contributed by atoms with Gasteiger partial charge in [-0.2, -0.15) is 0 Å². The third-order valence-corrected chi connectivity index (χ3v) is 2.39. The molecule has 1 rings (SSSR count). The van der Waals surface area contributed by atoms with Crippen molar-refractivity contribution in [2.24, 2.45) is 11.5 Å². The molecule has 0 radical (unpaired) electrons. The zero-order valence-corrected chi connectivity index (χ0v) is 6.64. The molecule has 3 heteroatoms. The van der Waals surface area contributed by atoms with Crippen molar-refractivity contribution >= 4 is 0 Å². The number of nitrogens with two attached hydrogens (primary N) is 2. The summed E-state index contributed by atoms with van der Waals surface area (Å²) < 4.78 is 0. The zero-order chi connectivity index (χ0) is 7.61. The molecule has 4 N–H and O–H groups in total. The van der Waals surface area contributed by atoms with Crippen molar-refractivity contribution in [3.63, 3.8) is 0 Å². The molecule has 3 nitrogen and oxygen atoms in total. The van der Waals surface area contributed by atoms with E-state index in [4.69, 9.17) is 11.5 Å². The highest BCUT2D eigenvalue weighted by Gasteiger charge is 2.27. The van der Waals surface area contributed by atoms with Gasteiger partial charge in [-0.15, -0.1) is 0 Å². The fourth-order valence-electron chi connectivity index (χ4n) is 1.27. The van der Waals surface area contributed by atoms with E-state index in [1.807, 2.05) is 0 Å². The van der Waals surface area contributed by atoms with E-state index in [0.29, 0.717) is 6.54 Å². The molecule has 0 amide bonds. The molecular weight excluding hydrogens is 126 g/mol. The van der Waals surface area contributed by atoms with Crippen molar-refractivity contribution in [2.45, 2.75) is 18.4 Å². The van der Waals surface area contributed by atoms with Crippen molar-refractivity contribution in [2.75, 3.05) is 26.7 Å². The first-order chi connectivity index (χ1) is 4.66. The molecule has 0 unspecified atom stereocenters. The van der Waals surface area contributed by atoms with Gasteiger partial charge < -0.3 is 16.4 Å². The van der Waals surface area contributed by atoms with E-state index in [2.05, 4.69) is 11.9 Å². The average molecular weight is 143 g/mol. The minimum Gasteiger partial charge on any atom is -0.329 e. The van der Waals surface area contributed by atoms with Gasteiger partial charge in [0.05, 0.1) is 0 Å². The molecule has 0 atom stereocenters. The van der Waals surface area contributed by atoms with Gasteiger partial charge in [0.25, 0.3) is 0 Å². The number of likely N-dealkylation sites (tertiary alicyclic amines) is 1. The maximum atomic E-state index is 5.97. The number of hydrogen-bond donors (Lipinski definition) is 2. The summed E-state index contributed by atoms with van der Waals surface area (Å²) in [6, 6.07) is 0. The number of piperidine rings is 1. The van der Waals surface area contributed by atoms with Crippen LogP contribution in [0, 0.1) is 0 Å². The maximum Gasteiger partial charge on any atom is 0.0303 e. The van der Waals surface area contributed by atoms with E-state index in [-0.39, 0.29) is 5.54 Å². The van der Waals surface area contributed by atoms with Gasteiger partial charge in [0.1, 0.15) is 0 Å². The zero-order valence-electron chi connectivity index (χ0n) is 6.64. The van der Waals surface area contributed by atoms with Gasteiger partial charge in [0.15, 0.2) is 0 Å². The second-order valence-electron chi connectivity index (χ2n) is 3.37. The molecule has 0 saturated carbocycles. The van der Waals surface area contributed by atoms with E-state index in [9.17, 15) is 0 Å². The third kappa shape index (κ3) is 1.68. The topological polar surface area (TPSA) is 55.3 Å². The van der Waals surface area contributed by atoms with Crippen LogP contribution < -0.4 is 11.5 Å². The van der Waals surface area contributed by atoms with Crippen LogP contribution in [0.25, 0.3) is 0 Å². The molecule has 10 heavy (non-hydrogen) atoms. The van der Waals surface area contributed by atoms with Crippen molar-refractivity contribution in [1.82, 2.24) is 4.90 Å². The minimum atomic E-state index is -0.0630. The van der Waals surface area contributed by atoms with Gasteiger partial charge in [-0.25, -0.2) is 0 Å². The van der Waals surface area contributed by atoms with E-state index in [1.165, 1.54) is 0 Å². The molecule has 1 heterocycles. The molecule has 1 aliphatic heterocycles. The fraction of sp³-hybridized carbons (Fsp3) is 1.00. The van der Waals surface area contributed by atoms with Gasteiger partial charge in [-0.1, -0.05) is 0 Å². The smallest absolute Gasteiger partial charge is 0.0303 e. The lowest BCUT2D eigenvalue weighted by molar-refractivity contribution is 0.195. The molecule has 1 fully saturated rings. The van der Waals surface area contributed by atoms with Gasteiger partial charge in [0, 0.05) is 12.1 Å². The second kappa shape index (κ2) is 2.86. The van der Waals surface area contributed by atoms with Crippen molar-refractivity contribution in [3.05, 3.63) is 0 Å². The Morgan fingerprint density at radius 2 is 1.90 bits per heavy atom. The highest BCUT2D eigenvalue weighted by atomic mass is 15.1. The summed E-state index contributed by atoms with van der Waals surface area (Å²) in [5, 5.41) is 0. The van der Waals surface area contributed by atoms with Crippen molar-refractivity contribution in [3.8, 4) is 0 Å². The van der Waals surface area contributed by atoms with Crippen LogP contribution in [0.3, 0.4) is 0 Å². The summed E-state index contributed by atoms with van der Waals surface area (Å²) in [6.07, 6.45) is 2.08. The molecule has 1 saturated heterocycles. The van der Waals surface area contributed by atoms with Crippen LogP contribution in [-0.2, 0) is 0 Å². The minimum absolute atomic E-state index is 0.0630. The first kappa shape index (κ1) is 7.98. The molecule has 1 aliphatic rings. The Labute approximate surface area is 62.4 Å². The largest absolute Gasteiger partial charge is 0.329 e. The monoisotopic (exact) mass is 143 g/mol. The predicted molar refractivity (Wildman–Crippen MR) is 42.7 cm³/mol.